The molecule has 11 heteroatoms. The Morgan fingerprint density at radius 3 is 1.79 bits per heavy atom. The standard InChI is InChI=1S/C23H34O11/c1-12(24)31-17-15(29-10-27-7)20(5)9-14(26)21(6)16(30-11-28-8)18(32-13(2)25)22(20)23(17,21)34-19(3,4)33-22/h15-18H,9-11H2,1-8H3/t15-,16-,17+,18+,20+,21+,22-,23-/m1/s1. The summed E-state index contributed by atoms with van der Waals surface area (Å²) in [4.78, 5) is 38.7. The van der Waals surface area contributed by atoms with Crippen LogP contribution >= 0.6 is 0 Å². The molecule has 0 spiro atoms. The molecule has 4 rings (SSSR count). The van der Waals surface area contributed by atoms with Gasteiger partial charge in [-0.1, -0.05) is 6.92 Å². The fourth-order valence-electron chi connectivity index (χ4n) is 7.20. The van der Waals surface area contributed by atoms with Gasteiger partial charge in [0.1, 0.15) is 31.6 Å². The lowest BCUT2D eigenvalue weighted by Crippen LogP contribution is -2.69. The smallest absolute Gasteiger partial charge is 0.303 e. The molecule has 1 heterocycles. The summed E-state index contributed by atoms with van der Waals surface area (Å²) in [5.74, 6) is -2.58. The Bertz CT molecular complexity index is 874. The van der Waals surface area contributed by atoms with Gasteiger partial charge in [0.05, 0.1) is 5.41 Å². The molecule has 4 bridgehead atoms. The summed E-state index contributed by atoms with van der Waals surface area (Å²) in [6.07, 6.45) is -4.04. The molecule has 0 amide bonds. The van der Waals surface area contributed by atoms with Crippen molar-refractivity contribution in [3.63, 3.8) is 0 Å². The molecule has 0 aromatic carbocycles. The molecule has 0 radical (unpaired) electrons. The molecule has 192 valence electrons. The first-order chi connectivity index (χ1) is 15.8. The average molecular weight is 487 g/mol. The van der Waals surface area contributed by atoms with E-state index in [0.29, 0.717) is 0 Å². The van der Waals surface area contributed by atoms with Crippen molar-refractivity contribution in [3.05, 3.63) is 0 Å². The summed E-state index contributed by atoms with van der Waals surface area (Å²) in [5.41, 5.74) is -5.61. The highest BCUT2D eigenvalue weighted by Gasteiger charge is 2.99. The predicted molar refractivity (Wildman–Crippen MR) is 112 cm³/mol. The number of esters is 2. The number of Topliss-reactive ketones (excluding diaryl/α,β-unsaturated/α-hetero) is 1. The zero-order chi connectivity index (χ0) is 25.3. The second-order valence-corrected chi connectivity index (χ2v) is 10.3. The van der Waals surface area contributed by atoms with Gasteiger partial charge in [-0.2, -0.15) is 0 Å². The molecular weight excluding hydrogens is 452 g/mol. The zero-order valence-corrected chi connectivity index (χ0v) is 20.9. The predicted octanol–water partition coefficient (Wildman–Crippen LogP) is 1.10. The van der Waals surface area contributed by atoms with Crippen LogP contribution in [-0.4, -0.2) is 86.9 Å². The lowest BCUT2D eigenvalue weighted by molar-refractivity contribution is -0.278. The van der Waals surface area contributed by atoms with E-state index in [-0.39, 0.29) is 25.8 Å². The first kappa shape index (κ1) is 25.5. The van der Waals surface area contributed by atoms with Crippen LogP contribution in [0.4, 0.5) is 0 Å². The van der Waals surface area contributed by atoms with E-state index in [9.17, 15) is 14.4 Å². The largest absolute Gasteiger partial charge is 0.456 e. The third-order valence-corrected chi connectivity index (χ3v) is 7.96. The topological polar surface area (TPSA) is 125 Å². The fraction of sp³-hybridized carbons (Fsp3) is 0.870. The minimum atomic E-state index is -1.59. The first-order valence-corrected chi connectivity index (χ1v) is 11.3. The lowest BCUT2D eigenvalue weighted by atomic mass is 9.57. The number of carbonyl (C=O) groups excluding carboxylic acids is 3. The van der Waals surface area contributed by atoms with Gasteiger partial charge in [-0.05, 0) is 20.8 Å². The number of ether oxygens (including phenoxy) is 8. The van der Waals surface area contributed by atoms with Crippen LogP contribution in [0.25, 0.3) is 0 Å². The van der Waals surface area contributed by atoms with Crippen molar-refractivity contribution in [3.8, 4) is 0 Å². The molecule has 3 aliphatic carbocycles. The maximum Gasteiger partial charge on any atom is 0.303 e. The van der Waals surface area contributed by atoms with E-state index in [1.165, 1.54) is 28.1 Å². The van der Waals surface area contributed by atoms with E-state index in [4.69, 9.17) is 37.9 Å². The van der Waals surface area contributed by atoms with Crippen LogP contribution in [0.1, 0.15) is 48.0 Å². The van der Waals surface area contributed by atoms with Gasteiger partial charge in [-0.25, -0.2) is 0 Å². The van der Waals surface area contributed by atoms with Gasteiger partial charge in [-0.15, -0.1) is 0 Å². The van der Waals surface area contributed by atoms with Crippen LogP contribution in [0.15, 0.2) is 0 Å². The fourth-order valence-corrected chi connectivity index (χ4v) is 7.20. The van der Waals surface area contributed by atoms with E-state index in [2.05, 4.69) is 0 Å². The number of hydrogen-bond acceptors (Lipinski definition) is 11. The summed E-state index contributed by atoms with van der Waals surface area (Å²) in [6.45, 7) is 9.18. The minimum absolute atomic E-state index is 0.0125. The number of methoxy groups -OCH3 is 2. The van der Waals surface area contributed by atoms with Crippen LogP contribution < -0.4 is 0 Å². The first-order valence-electron chi connectivity index (χ1n) is 11.3. The third kappa shape index (κ3) is 2.82. The molecule has 0 unspecified atom stereocenters. The second kappa shape index (κ2) is 7.94. The lowest BCUT2D eigenvalue weighted by Gasteiger charge is -2.50. The monoisotopic (exact) mass is 486 g/mol. The quantitative estimate of drug-likeness (QED) is 0.362. The van der Waals surface area contributed by atoms with Crippen molar-refractivity contribution < 1.29 is 52.3 Å². The molecule has 1 aliphatic heterocycles. The zero-order valence-electron chi connectivity index (χ0n) is 20.9. The van der Waals surface area contributed by atoms with Crippen LogP contribution in [0.3, 0.4) is 0 Å². The van der Waals surface area contributed by atoms with Gasteiger partial charge < -0.3 is 37.9 Å². The Labute approximate surface area is 198 Å². The van der Waals surface area contributed by atoms with Crippen molar-refractivity contribution in [1.82, 2.24) is 0 Å². The molecule has 34 heavy (non-hydrogen) atoms. The average Bonchev–Trinajstić information content (AvgIpc) is 3.11. The summed E-state index contributed by atoms with van der Waals surface area (Å²) < 4.78 is 47.5. The van der Waals surface area contributed by atoms with Gasteiger partial charge in [0, 0.05) is 39.9 Å². The highest BCUT2D eigenvalue weighted by atomic mass is 16.8. The van der Waals surface area contributed by atoms with Crippen LogP contribution in [0.2, 0.25) is 0 Å². The highest BCUT2D eigenvalue weighted by Crippen LogP contribution is 2.79. The van der Waals surface area contributed by atoms with E-state index >= 15 is 0 Å². The molecule has 0 N–H and O–H groups in total. The van der Waals surface area contributed by atoms with Crippen LogP contribution in [0, 0.1) is 10.8 Å². The van der Waals surface area contributed by atoms with Crippen molar-refractivity contribution in [2.24, 2.45) is 10.8 Å². The minimum Gasteiger partial charge on any atom is -0.456 e. The van der Waals surface area contributed by atoms with Crippen molar-refractivity contribution in [2.45, 2.75) is 89.4 Å². The van der Waals surface area contributed by atoms with E-state index < -0.39 is 64.2 Å². The summed E-state index contributed by atoms with van der Waals surface area (Å²) in [5, 5.41) is 0. The Morgan fingerprint density at radius 1 is 0.824 bits per heavy atom. The van der Waals surface area contributed by atoms with Gasteiger partial charge >= 0.3 is 11.9 Å². The summed E-state index contributed by atoms with van der Waals surface area (Å²) in [6, 6.07) is 0. The second-order valence-electron chi connectivity index (χ2n) is 10.3. The van der Waals surface area contributed by atoms with E-state index in [1.54, 1.807) is 20.8 Å². The van der Waals surface area contributed by atoms with Crippen molar-refractivity contribution >= 4 is 17.7 Å². The SMILES string of the molecule is COCO[C@@H]1[C@H](OC(C)=O)[C@]23OC(C)(C)O[C@@]24[C@@H](OC(C)=O)[C@@H](OCOC)[C@]3(C)C(=O)C[C@@]14C. The molecular formula is C23H34O11. The normalized spacial score (nSPS) is 45.8. The Kier molecular flexibility index (Phi) is 5.95. The maximum atomic E-state index is 14.0. The number of rotatable bonds is 8. The van der Waals surface area contributed by atoms with Crippen molar-refractivity contribution in [2.75, 3.05) is 27.8 Å². The third-order valence-electron chi connectivity index (χ3n) is 7.96. The molecule has 8 atom stereocenters. The Hall–Kier alpha value is -1.63. The van der Waals surface area contributed by atoms with Crippen LogP contribution in [-0.2, 0) is 52.3 Å². The summed E-state index contributed by atoms with van der Waals surface area (Å²) in [7, 11) is 2.91. The molecule has 3 saturated carbocycles. The van der Waals surface area contributed by atoms with Crippen molar-refractivity contribution in [1.29, 1.82) is 0 Å². The van der Waals surface area contributed by atoms with Gasteiger partial charge in [0.15, 0.2) is 29.2 Å². The summed E-state index contributed by atoms with van der Waals surface area (Å²) >= 11 is 0. The Balaban J connectivity index is 2.05. The molecule has 11 nitrogen and oxygen atoms in total. The van der Waals surface area contributed by atoms with Gasteiger partial charge in [0.25, 0.3) is 0 Å². The number of ketones is 1. The van der Waals surface area contributed by atoms with Crippen LogP contribution in [0.5, 0.6) is 0 Å². The molecule has 0 aromatic heterocycles. The highest BCUT2D eigenvalue weighted by molar-refractivity contribution is 5.92. The van der Waals surface area contributed by atoms with Gasteiger partial charge in [0.2, 0.25) is 0 Å². The Morgan fingerprint density at radius 2 is 1.29 bits per heavy atom. The maximum absolute atomic E-state index is 14.0. The molecule has 0 aromatic rings. The van der Waals surface area contributed by atoms with E-state index in [0.717, 1.165) is 0 Å². The molecule has 4 fully saturated rings. The number of carbonyl (C=O) groups is 3. The number of hydrogen-bond donors (Lipinski definition) is 0. The van der Waals surface area contributed by atoms with E-state index in [1.807, 2.05) is 6.92 Å². The molecule has 4 aliphatic rings. The van der Waals surface area contributed by atoms with Gasteiger partial charge in [-0.3, -0.25) is 14.4 Å². The molecule has 1 saturated heterocycles.